The van der Waals surface area contributed by atoms with Crippen molar-refractivity contribution < 1.29 is 4.74 Å². The summed E-state index contributed by atoms with van der Waals surface area (Å²) in [6, 6.07) is 10.2. The maximum Gasteiger partial charge on any atom is 0.0709 e. The minimum Gasteiger partial charge on any atom is -0.378 e. The molecule has 1 saturated heterocycles. The van der Waals surface area contributed by atoms with Crippen LogP contribution in [0.5, 0.6) is 0 Å². The average Bonchev–Trinajstić information content (AvgIpc) is 2.92. The average molecular weight is 268 g/mol. The van der Waals surface area contributed by atoms with Gasteiger partial charge in [0.05, 0.1) is 11.5 Å². The Morgan fingerprint density at radius 1 is 1.33 bits per heavy atom. The molecule has 1 fully saturated rings. The van der Waals surface area contributed by atoms with E-state index in [1.54, 1.807) is 0 Å². The van der Waals surface area contributed by atoms with Crippen LogP contribution >= 0.6 is 11.6 Å². The molecular weight excluding hydrogens is 246 g/mol. The summed E-state index contributed by atoms with van der Waals surface area (Å²) in [4.78, 5) is 0. The minimum absolute atomic E-state index is 0.0638. The Morgan fingerprint density at radius 3 is 2.89 bits per heavy atom. The van der Waals surface area contributed by atoms with Gasteiger partial charge in [0.25, 0.3) is 0 Å². The van der Waals surface area contributed by atoms with Crippen LogP contribution in [-0.2, 0) is 4.74 Å². The summed E-state index contributed by atoms with van der Waals surface area (Å²) in [6.07, 6.45) is 5.32. The van der Waals surface area contributed by atoms with Crippen molar-refractivity contribution in [1.82, 2.24) is 5.32 Å². The molecule has 0 bridgehead atoms. The summed E-state index contributed by atoms with van der Waals surface area (Å²) in [7, 11) is 0. The maximum atomic E-state index is 6.33. The van der Waals surface area contributed by atoms with Crippen LogP contribution in [0.4, 0.5) is 0 Å². The van der Waals surface area contributed by atoms with Gasteiger partial charge in [-0.3, -0.25) is 0 Å². The van der Waals surface area contributed by atoms with Crippen molar-refractivity contribution in [2.24, 2.45) is 0 Å². The molecule has 2 nitrogen and oxygen atoms in total. The first kappa shape index (κ1) is 13.9. The minimum atomic E-state index is 0.0638. The van der Waals surface area contributed by atoms with E-state index in [1.165, 1.54) is 31.2 Å². The van der Waals surface area contributed by atoms with Crippen LogP contribution in [0.1, 0.15) is 36.6 Å². The molecule has 1 aliphatic rings. The molecule has 1 aromatic rings. The second kappa shape index (κ2) is 7.78. The lowest BCUT2D eigenvalue weighted by Crippen LogP contribution is -2.21. The van der Waals surface area contributed by atoms with Gasteiger partial charge in [-0.15, -0.1) is 11.6 Å². The number of hydrogen-bond donors (Lipinski definition) is 1. The number of alkyl halides is 1. The summed E-state index contributed by atoms with van der Waals surface area (Å²) < 4.78 is 5.60. The third-order valence-corrected chi connectivity index (χ3v) is 3.79. The molecule has 1 aromatic carbocycles. The van der Waals surface area contributed by atoms with Gasteiger partial charge >= 0.3 is 0 Å². The summed E-state index contributed by atoms with van der Waals surface area (Å²) in [5, 5.41) is 3.48. The number of benzene rings is 1. The summed E-state index contributed by atoms with van der Waals surface area (Å²) >= 11 is 6.33. The second-order valence-corrected chi connectivity index (χ2v) is 5.39. The van der Waals surface area contributed by atoms with Gasteiger partial charge in [-0.05, 0) is 37.8 Å². The standard InChI is InChI=1S/C15H22ClNO/c16-15(13-6-2-1-3-7-13)12-17-10-4-8-14-9-5-11-18-14/h1-3,6-7,14-15,17H,4-5,8-12H2. The molecule has 0 saturated carbocycles. The first-order valence-electron chi connectivity index (χ1n) is 6.87. The summed E-state index contributed by atoms with van der Waals surface area (Å²) in [6.45, 7) is 2.81. The van der Waals surface area contributed by atoms with E-state index in [2.05, 4.69) is 17.4 Å². The maximum absolute atomic E-state index is 6.33. The molecule has 2 unspecified atom stereocenters. The van der Waals surface area contributed by atoms with Crippen molar-refractivity contribution in [3.8, 4) is 0 Å². The van der Waals surface area contributed by atoms with Gasteiger partial charge in [0.15, 0.2) is 0 Å². The third-order valence-electron chi connectivity index (χ3n) is 3.39. The molecule has 0 radical (unpaired) electrons. The van der Waals surface area contributed by atoms with Crippen molar-refractivity contribution in [3.05, 3.63) is 35.9 Å². The van der Waals surface area contributed by atoms with Crippen LogP contribution in [-0.4, -0.2) is 25.8 Å². The molecule has 2 rings (SSSR count). The predicted molar refractivity (Wildman–Crippen MR) is 76.1 cm³/mol. The Hall–Kier alpha value is -0.570. The first-order valence-corrected chi connectivity index (χ1v) is 7.31. The van der Waals surface area contributed by atoms with E-state index >= 15 is 0 Å². The molecule has 0 aromatic heterocycles. The molecule has 1 heterocycles. The monoisotopic (exact) mass is 267 g/mol. The van der Waals surface area contributed by atoms with Crippen LogP contribution in [0.3, 0.4) is 0 Å². The highest BCUT2D eigenvalue weighted by molar-refractivity contribution is 6.21. The summed E-state index contributed by atoms with van der Waals surface area (Å²) in [5.74, 6) is 0. The van der Waals surface area contributed by atoms with Gasteiger partial charge in [-0.2, -0.15) is 0 Å². The number of hydrogen-bond acceptors (Lipinski definition) is 2. The molecule has 3 heteroatoms. The molecule has 2 atom stereocenters. The molecule has 1 aliphatic heterocycles. The van der Waals surface area contributed by atoms with Crippen LogP contribution in [0.15, 0.2) is 30.3 Å². The van der Waals surface area contributed by atoms with Gasteiger partial charge in [0.1, 0.15) is 0 Å². The number of nitrogens with one attached hydrogen (secondary N) is 1. The van der Waals surface area contributed by atoms with Crippen LogP contribution in [0, 0.1) is 0 Å². The fourth-order valence-corrected chi connectivity index (χ4v) is 2.59. The smallest absolute Gasteiger partial charge is 0.0709 e. The van der Waals surface area contributed by atoms with Crippen LogP contribution < -0.4 is 5.32 Å². The van der Waals surface area contributed by atoms with Crippen LogP contribution in [0.25, 0.3) is 0 Å². The van der Waals surface area contributed by atoms with Crippen LogP contribution in [0.2, 0.25) is 0 Å². The highest BCUT2D eigenvalue weighted by Crippen LogP contribution is 2.19. The lowest BCUT2D eigenvalue weighted by molar-refractivity contribution is 0.102. The van der Waals surface area contributed by atoms with Crippen molar-refractivity contribution in [1.29, 1.82) is 0 Å². The molecule has 0 aliphatic carbocycles. The van der Waals surface area contributed by atoms with Crippen molar-refractivity contribution >= 4 is 11.6 Å². The SMILES string of the molecule is ClC(CNCCCC1CCCO1)c1ccccc1. The first-order chi connectivity index (χ1) is 8.86. The van der Waals surface area contributed by atoms with E-state index < -0.39 is 0 Å². The van der Waals surface area contributed by atoms with Crippen molar-refractivity contribution in [2.45, 2.75) is 37.2 Å². The Morgan fingerprint density at radius 2 is 2.17 bits per heavy atom. The molecule has 0 spiro atoms. The Kier molecular flexibility index (Phi) is 5.98. The Labute approximate surface area is 115 Å². The number of rotatable bonds is 7. The number of halogens is 1. The molecule has 0 amide bonds. The normalized spacial score (nSPS) is 21.1. The van der Waals surface area contributed by atoms with Gasteiger partial charge in [0, 0.05) is 13.2 Å². The van der Waals surface area contributed by atoms with Gasteiger partial charge in [-0.25, -0.2) is 0 Å². The zero-order valence-corrected chi connectivity index (χ0v) is 11.5. The highest BCUT2D eigenvalue weighted by atomic mass is 35.5. The second-order valence-electron chi connectivity index (χ2n) is 4.86. The Bertz CT molecular complexity index is 325. The van der Waals surface area contributed by atoms with E-state index in [1.807, 2.05) is 18.2 Å². The third kappa shape index (κ3) is 4.60. The fourth-order valence-electron chi connectivity index (χ4n) is 2.34. The zero-order chi connectivity index (χ0) is 12.6. The topological polar surface area (TPSA) is 21.3 Å². The van der Waals surface area contributed by atoms with Crippen molar-refractivity contribution in [2.75, 3.05) is 19.7 Å². The van der Waals surface area contributed by atoms with Gasteiger partial charge in [0.2, 0.25) is 0 Å². The van der Waals surface area contributed by atoms with Gasteiger partial charge < -0.3 is 10.1 Å². The number of ether oxygens (including phenoxy) is 1. The molecule has 100 valence electrons. The molecule has 1 N–H and O–H groups in total. The lowest BCUT2D eigenvalue weighted by atomic mass is 10.1. The van der Waals surface area contributed by atoms with E-state index in [0.717, 1.165) is 19.7 Å². The fraction of sp³-hybridized carbons (Fsp3) is 0.600. The molecular formula is C15H22ClNO. The predicted octanol–water partition coefficient (Wildman–Crippen LogP) is 3.52. The highest BCUT2D eigenvalue weighted by Gasteiger charge is 2.14. The summed E-state index contributed by atoms with van der Waals surface area (Å²) in [5.41, 5.74) is 1.19. The van der Waals surface area contributed by atoms with Crippen molar-refractivity contribution in [3.63, 3.8) is 0 Å². The largest absolute Gasteiger partial charge is 0.378 e. The van der Waals surface area contributed by atoms with E-state index in [0.29, 0.717) is 6.10 Å². The zero-order valence-electron chi connectivity index (χ0n) is 10.8. The van der Waals surface area contributed by atoms with E-state index in [-0.39, 0.29) is 5.38 Å². The lowest BCUT2D eigenvalue weighted by Gasteiger charge is -2.12. The Balaban J connectivity index is 1.55. The van der Waals surface area contributed by atoms with Gasteiger partial charge in [-0.1, -0.05) is 30.3 Å². The molecule has 18 heavy (non-hydrogen) atoms. The van der Waals surface area contributed by atoms with E-state index in [4.69, 9.17) is 16.3 Å². The van der Waals surface area contributed by atoms with E-state index in [9.17, 15) is 0 Å². The quantitative estimate of drug-likeness (QED) is 0.603.